The van der Waals surface area contributed by atoms with Crippen molar-refractivity contribution in [2.24, 2.45) is 0 Å². The number of hydrogen-bond acceptors (Lipinski definition) is 4. The number of nitrogens with zero attached hydrogens (tertiary/aromatic N) is 1. The fourth-order valence-corrected chi connectivity index (χ4v) is 3.80. The fourth-order valence-electron chi connectivity index (χ4n) is 2.73. The molecule has 1 aliphatic rings. The van der Waals surface area contributed by atoms with E-state index >= 15 is 0 Å². The van der Waals surface area contributed by atoms with Crippen LogP contribution in [-0.4, -0.2) is 50.9 Å². The van der Waals surface area contributed by atoms with E-state index in [4.69, 9.17) is 4.74 Å². The van der Waals surface area contributed by atoms with E-state index in [0.29, 0.717) is 38.8 Å². The molecule has 0 N–H and O–H groups in total. The first-order valence-electron chi connectivity index (χ1n) is 7.49. The molecule has 0 aliphatic carbocycles. The number of methoxy groups -OCH3 is 1. The van der Waals surface area contributed by atoms with Crippen LogP contribution < -0.4 is 4.74 Å². The van der Waals surface area contributed by atoms with E-state index in [9.17, 15) is 13.2 Å². The molecule has 5 nitrogen and oxygen atoms in total. The normalized spacial score (nSPS) is 16.5. The highest BCUT2D eigenvalue weighted by Gasteiger charge is 2.28. The summed E-state index contributed by atoms with van der Waals surface area (Å²) in [5.41, 5.74) is 1.10. The van der Waals surface area contributed by atoms with Crippen molar-refractivity contribution in [3.8, 4) is 5.75 Å². The molecule has 22 heavy (non-hydrogen) atoms. The standard InChI is InChI=1S/C16H23NO4S/c1-21-14-6-3-13(4-7-14)5-8-16(18)17-11-9-15(10-12-17)22(2,19)20/h3-4,6-7,15H,5,8-12H2,1-2H3. The zero-order valence-electron chi connectivity index (χ0n) is 13.1. The SMILES string of the molecule is COc1ccc(CCC(=O)N2CCC(S(C)(=O)=O)CC2)cc1. The summed E-state index contributed by atoms with van der Waals surface area (Å²) in [7, 11) is -1.36. The second-order valence-electron chi connectivity index (χ2n) is 5.76. The van der Waals surface area contributed by atoms with Gasteiger partial charge in [0, 0.05) is 25.8 Å². The van der Waals surface area contributed by atoms with E-state index in [1.165, 1.54) is 6.26 Å². The van der Waals surface area contributed by atoms with Gasteiger partial charge in [0.2, 0.25) is 5.91 Å². The molecule has 0 bridgehead atoms. The monoisotopic (exact) mass is 325 g/mol. The zero-order valence-corrected chi connectivity index (χ0v) is 13.9. The lowest BCUT2D eigenvalue weighted by atomic mass is 10.1. The third-order valence-corrected chi connectivity index (χ3v) is 5.87. The van der Waals surface area contributed by atoms with Crippen molar-refractivity contribution < 1.29 is 17.9 Å². The third-order valence-electron chi connectivity index (χ3n) is 4.19. The van der Waals surface area contributed by atoms with E-state index < -0.39 is 9.84 Å². The van der Waals surface area contributed by atoms with E-state index in [2.05, 4.69) is 0 Å². The Morgan fingerprint density at radius 1 is 1.23 bits per heavy atom. The first-order chi connectivity index (χ1) is 10.4. The third kappa shape index (κ3) is 4.47. The summed E-state index contributed by atoms with van der Waals surface area (Å²) in [6.07, 6.45) is 3.52. The summed E-state index contributed by atoms with van der Waals surface area (Å²) >= 11 is 0. The number of likely N-dealkylation sites (tertiary alicyclic amines) is 1. The molecule has 0 unspecified atom stereocenters. The van der Waals surface area contributed by atoms with Crippen molar-refractivity contribution in [1.29, 1.82) is 0 Å². The first kappa shape index (κ1) is 16.8. The van der Waals surface area contributed by atoms with Crippen LogP contribution in [0.15, 0.2) is 24.3 Å². The number of aryl methyl sites for hydroxylation is 1. The second-order valence-corrected chi connectivity index (χ2v) is 8.08. The average molecular weight is 325 g/mol. The predicted octanol–water partition coefficient (Wildman–Crippen LogP) is 1.66. The molecule has 0 radical (unpaired) electrons. The second kappa shape index (κ2) is 7.13. The Bertz CT molecular complexity index is 602. The topological polar surface area (TPSA) is 63.7 Å². The van der Waals surface area contributed by atoms with Gasteiger partial charge in [-0.25, -0.2) is 8.42 Å². The molecule has 1 aliphatic heterocycles. The van der Waals surface area contributed by atoms with E-state index in [-0.39, 0.29) is 11.2 Å². The summed E-state index contributed by atoms with van der Waals surface area (Å²) in [5.74, 6) is 0.903. The number of rotatable bonds is 5. The molecule has 1 aromatic carbocycles. The highest BCUT2D eigenvalue weighted by molar-refractivity contribution is 7.91. The molecule has 0 aromatic heterocycles. The number of piperidine rings is 1. The Morgan fingerprint density at radius 2 is 1.82 bits per heavy atom. The van der Waals surface area contributed by atoms with Gasteiger partial charge in [0.05, 0.1) is 12.4 Å². The van der Waals surface area contributed by atoms with E-state index in [0.717, 1.165) is 11.3 Å². The maximum atomic E-state index is 12.2. The molecule has 0 atom stereocenters. The lowest BCUT2D eigenvalue weighted by Gasteiger charge is -2.31. The van der Waals surface area contributed by atoms with E-state index in [1.807, 2.05) is 24.3 Å². The number of sulfone groups is 1. The van der Waals surface area contributed by atoms with Crippen LogP contribution in [0.25, 0.3) is 0 Å². The lowest BCUT2D eigenvalue weighted by molar-refractivity contribution is -0.132. The van der Waals surface area contributed by atoms with Gasteiger partial charge in [-0.05, 0) is 37.0 Å². The molecule has 6 heteroatoms. The molecule has 1 fully saturated rings. The first-order valence-corrected chi connectivity index (χ1v) is 9.45. The molecule has 0 saturated carbocycles. The zero-order chi connectivity index (χ0) is 16.2. The van der Waals surface area contributed by atoms with Gasteiger partial charge in [-0.2, -0.15) is 0 Å². The van der Waals surface area contributed by atoms with Crippen LogP contribution in [0.1, 0.15) is 24.8 Å². The van der Waals surface area contributed by atoms with Gasteiger partial charge >= 0.3 is 0 Å². The van der Waals surface area contributed by atoms with Crippen molar-refractivity contribution in [1.82, 2.24) is 4.90 Å². The van der Waals surface area contributed by atoms with Gasteiger partial charge in [-0.15, -0.1) is 0 Å². The van der Waals surface area contributed by atoms with Crippen LogP contribution in [0, 0.1) is 0 Å². The number of hydrogen-bond donors (Lipinski definition) is 0. The van der Waals surface area contributed by atoms with Crippen LogP contribution in [0.4, 0.5) is 0 Å². The maximum absolute atomic E-state index is 12.2. The Kier molecular flexibility index (Phi) is 5.45. The molecule has 0 spiro atoms. The Labute approximate surface area is 132 Å². The molecule has 1 heterocycles. The molecule has 122 valence electrons. The van der Waals surface area contributed by atoms with Crippen LogP contribution in [0.3, 0.4) is 0 Å². The molecule has 1 aromatic rings. The van der Waals surface area contributed by atoms with Crippen LogP contribution in [0.2, 0.25) is 0 Å². The number of benzene rings is 1. The molecule has 1 amide bonds. The summed E-state index contributed by atoms with van der Waals surface area (Å²) in [6, 6.07) is 7.69. The van der Waals surface area contributed by atoms with Crippen LogP contribution in [0.5, 0.6) is 5.75 Å². The highest BCUT2D eigenvalue weighted by Crippen LogP contribution is 2.18. The highest BCUT2D eigenvalue weighted by atomic mass is 32.2. The predicted molar refractivity (Wildman–Crippen MR) is 85.8 cm³/mol. The van der Waals surface area contributed by atoms with Crippen LogP contribution >= 0.6 is 0 Å². The van der Waals surface area contributed by atoms with E-state index in [1.54, 1.807) is 12.0 Å². The number of ether oxygens (including phenoxy) is 1. The summed E-state index contributed by atoms with van der Waals surface area (Å²) in [5, 5.41) is -0.293. The number of amides is 1. The Hall–Kier alpha value is -1.56. The summed E-state index contributed by atoms with van der Waals surface area (Å²) < 4.78 is 28.1. The van der Waals surface area contributed by atoms with Crippen molar-refractivity contribution in [3.05, 3.63) is 29.8 Å². The number of carbonyl (C=O) groups is 1. The van der Waals surface area contributed by atoms with Crippen molar-refractivity contribution in [3.63, 3.8) is 0 Å². The maximum Gasteiger partial charge on any atom is 0.222 e. The van der Waals surface area contributed by atoms with Crippen molar-refractivity contribution in [2.75, 3.05) is 26.5 Å². The quantitative estimate of drug-likeness (QED) is 0.826. The molecular formula is C16H23NO4S. The van der Waals surface area contributed by atoms with Gasteiger partial charge < -0.3 is 9.64 Å². The van der Waals surface area contributed by atoms with Gasteiger partial charge in [0.25, 0.3) is 0 Å². The minimum absolute atomic E-state index is 0.0998. The summed E-state index contributed by atoms with van der Waals surface area (Å²) in [6.45, 7) is 1.08. The fraction of sp³-hybridized carbons (Fsp3) is 0.562. The lowest BCUT2D eigenvalue weighted by Crippen LogP contribution is -2.42. The smallest absolute Gasteiger partial charge is 0.222 e. The molecule has 1 saturated heterocycles. The molecular weight excluding hydrogens is 302 g/mol. The van der Waals surface area contributed by atoms with Crippen LogP contribution in [-0.2, 0) is 21.1 Å². The van der Waals surface area contributed by atoms with Gasteiger partial charge in [-0.3, -0.25) is 4.79 Å². The minimum atomic E-state index is -2.99. The van der Waals surface area contributed by atoms with Gasteiger partial charge in [-0.1, -0.05) is 12.1 Å². The summed E-state index contributed by atoms with van der Waals surface area (Å²) in [4.78, 5) is 14.0. The largest absolute Gasteiger partial charge is 0.497 e. The van der Waals surface area contributed by atoms with Gasteiger partial charge in [0.1, 0.15) is 15.6 Å². The van der Waals surface area contributed by atoms with Gasteiger partial charge in [0.15, 0.2) is 0 Å². The number of carbonyl (C=O) groups excluding carboxylic acids is 1. The van der Waals surface area contributed by atoms with Crippen molar-refractivity contribution >= 4 is 15.7 Å². The molecule has 2 rings (SSSR count). The average Bonchev–Trinajstić information content (AvgIpc) is 2.52. The Morgan fingerprint density at radius 3 is 2.32 bits per heavy atom. The minimum Gasteiger partial charge on any atom is -0.497 e. The van der Waals surface area contributed by atoms with Crippen molar-refractivity contribution in [2.45, 2.75) is 30.9 Å². The Balaban J connectivity index is 1.80.